The molecule has 25 nitrogen and oxygen atoms in total. The molecule has 0 spiro atoms. The summed E-state index contributed by atoms with van der Waals surface area (Å²) in [6, 6.07) is 4.40. The summed E-state index contributed by atoms with van der Waals surface area (Å²) in [7, 11) is 0. The van der Waals surface area contributed by atoms with Gasteiger partial charge in [-0.2, -0.15) is 9.77 Å². The van der Waals surface area contributed by atoms with E-state index in [2.05, 4.69) is 35.4 Å². The highest BCUT2D eigenvalue weighted by Gasteiger charge is 2.43. The number of aromatic nitrogens is 4. The number of carbonyl (C=O) groups is 8. The number of amides is 2. The molecule has 1 aromatic carbocycles. The maximum atomic E-state index is 12.5. The number of nitrogens with one attached hydrogen (secondary N) is 4. The van der Waals surface area contributed by atoms with Crippen LogP contribution in [-0.2, 0) is 40.0 Å². The Bertz CT molecular complexity index is 2260. The lowest BCUT2D eigenvalue weighted by atomic mass is 9.91. The summed E-state index contributed by atoms with van der Waals surface area (Å²) in [6.07, 6.45) is -0.0762. The van der Waals surface area contributed by atoms with Gasteiger partial charge in [-0.15, -0.1) is 0 Å². The number of carboxylic acids is 5. The zero-order chi connectivity index (χ0) is 50.7. The van der Waals surface area contributed by atoms with E-state index in [0.29, 0.717) is 23.8 Å². The Balaban J connectivity index is 0.00000108. The monoisotopic (exact) mass is 936 g/mol. The van der Waals surface area contributed by atoms with Crippen LogP contribution in [-0.4, -0.2) is 135 Å². The molecular weight excluding hydrogens is 882 g/mol. The van der Waals surface area contributed by atoms with Crippen LogP contribution < -0.4 is 33.5 Å². The molecule has 3 rings (SSSR count). The van der Waals surface area contributed by atoms with E-state index in [4.69, 9.17) is 48.6 Å². The van der Waals surface area contributed by atoms with Crippen LogP contribution in [0.1, 0.15) is 99.7 Å². The van der Waals surface area contributed by atoms with Crippen LogP contribution >= 0.6 is 0 Å². The van der Waals surface area contributed by atoms with Gasteiger partial charge in [0, 0.05) is 31.7 Å². The first kappa shape index (κ1) is 58.4. The van der Waals surface area contributed by atoms with E-state index in [0.717, 1.165) is 12.0 Å². The number of ketones is 1. The molecule has 0 aliphatic carbocycles. The number of rotatable bonds is 22. The fourth-order valence-electron chi connectivity index (χ4n) is 5.15. The number of aliphatic carboxylic acids is 5. The predicted molar refractivity (Wildman–Crippen MR) is 227 cm³/mol. The van der Waals surface area contributed by atoms with Crippen molar-refractivity contribution in [1.29, 1.82) is 5.41 Å². The van der Waals surface area contributed by atoms with Crippen molar-refractivity contribution in [2.75, 3.05) is 12.3 Å². The molecule has 0 bridgehead atoms. The van der Waals surface area contributed by atoms with Gasteiger partial charge in [0.05, 0.1) is 11.9 Å². The number of nitrogens with two attached hydrogens (primary N) is 3. The van der Waals surface area contributed by atoms with Crippen LogP contribution in [0.3, 0.4) is 0 Å². The van der Waals surface area contributed by atoms with E-state index in [1.165, 1.54) is 6.92 Å². The lowest BCUT2D eigenvalue weighted by Gasteiger charge is -2.22. The maximum Gasteiger partial charge on any atom is 0.329 e. The third-order valence-corrected chi connectivity index (χ3v) is 8.81. The number of aromatic amines is 1. The minimum atomic E-state index is -3.07. The SMILES string of the molecule is CC(=O)N[C@@H](CCC(=O)C=[N+]=[N-])C(=O)O.CCC(=O)O.CCC(Cc1cnc2nc(=N)[nH]c(N)c2n1)c1ccc(C(=O)N[C@@H](CCC(=O)O)C(=O)O)cc1.NCCCC(N)(C(=O)O)C(F)F. The molecule has 0 saturated heterocycles. The van der Waals surface area contributed by atoms with Gasteiger partial charge in [-0.1, -0.05) is 26.0 Å². The number of halogens is 2. The minimum absolute atomic E-state index is 0.0419. The van der Waals surface area contributed by atoms with Crippen molar-refractivity contribution in [3.63, 3.8) is 0 Å². The van der Waals surface area contributed by atoms with Crippen molar-refractivity contribution in [1.82, 2.24) is 30.6 Å². The Morgan fingerprint density at radius 1 is 0.924 bits per heavy atom. The standard InChI is InChI=1S/C22H25N7O5.C8H11N3O4.C6H12F2N2O2.C3H6O2/c1-2-11(9-14-10-25-19-17(26-14)18(23)28-22(24)29-19)12-3-5-13(6-4-12)20(32)27-15(21(33)34)7-8-16(30)31;1-5(12)11-7(8(14)15)3-2-6(13)4-10-9;7-4(8)6(10,5(11)12)2-1-3-9;1-2-3(4)5/h3-6,10-11,15H,2,7-9H2,1H3,(H,27,32)(H,30,31)(H,33,34)(H4,23,24,25,28,29);4,7H,2-3H2,1H3,(H,11,12)(H,14,15);4H,1-3,9-10H2,(H,11,12);2H2,1H3,(H,4,5)/t11?,15-;7-;;/m00../s1. The highest BCUT2D eigenvalue weighted by molar-refractivity contribution is 6.25. The summed E-state index contributed by atoms with van der Waals surface area (Å²) in [5.41, 5.74) is 24.0. The Kier molecular flexibility index (Phi) is 26.2. The minimum Gasteiger partial charge on any atom is -0.481 e. The molecule has 0 radical (unpaired) electrons. The van der Waals surface area contributed by atoms with Crippen LogP contribution in [0.15, 0.2) is 30.5 Å². The number of H-pyrrole nitrogens is 1. The number of fused-ring (bicyclic) bond motifs is 1. The summed E-state index contributed by atoms with van der Waals surface area (Å²) in [5.74, 6) is -7.36. The first-order valence-corrected chi connectivity index (χ1v) is 19.7. The average Bonchev–Trinajstić information content (AvgIpc) is 3.25. The van der Waals surface area contributed by atoms with Crippen molar-refractivity contribution in [3.05, 3.63) is 58.4 Å². The second-order valence-electron chi connectivity index (χ2n) is 13.9. The Hall–Kier alpha value is -7.64. The molecule has 3 aromatic rings. The molecule has 0 aliphatic heterocycles. The van der Waals surface area contributed by atoms with Gasteiger partial charge < -0.3 is 63.9 Å². The third kappa shape index (κ3) is 21.6. The normalized spacial score (nSPS) is 12.5. The summed E-state index contributed by atoms with van der Waals surface area (Å²) in [6.45, 7) is 4.96. The first-order valence-electron chi connectivity index (χ1n) is 19.7. The van der Waals surface area contributed by atoms with E-state index in [-0.39, 0.29) is 80.1 Å². The number of anilines is 1. The van der Waals surface area contributed by atoms with Crippen LogP contribution in [0.25, 0.3) is 16.7 Å². The number of nitrogens with zero attached hydrogens (tertiary/aromatic N) is 5. The number of carbonyl (C=O) groups excluding carboxylic acids is 3. The molecule has 15 N–H and O–H groups in total. The molecule has 4 atom stereocenters. The van der Waals surface area contributed by atoms with Gasteiger partial charge in [0.25, 0.3) is 12.3 Å². The lowest BCUT2D eigenvalue weighted by Crippen LogP contribution is -2.54. The predicted octanol–water partition coefficient (Wildman–Crippen LogP) is 0.678. The quantitative estimate of drug-likeness (QED) is 0.0374. The second kappa shape index (κ2) is 29.7. The van der Waals surface area contributed by atoms with E-state index >= 15 is 0 Å². The summed E-state index contributed by atoms with van der Waals surface area (Å²) in [4.78, 5) is 104. The zero-order valence-corrected chi connectivity index (χ0v) is 36.1. The molecule has 66 heavy (non-hydrogen) atoms. The molecule has 0 aliphatic rings. The fourth-order valence-corrected chi connectivity index (χ4v) is 5.15. The van der Waals surface area contributed by atoms with Crippen molar-refractivity contribution in [2.24, 2.45) is 11.5 Å². The average molecular weight is 937 g/mol. The number of Topliss-reactive ketones (excluding diaryl/α,β-unsaturated/α-hetero) is 1. The van der Waals surface area contributed by atoms with Crippen LogP contribution in [0, 0.1) is 5.41 Å². The number of hydrogen-bond donors (Lipinski definition) is 12. The van der Waals surface area contributed by atoms with Crippen LogP contribution in [0.5, 0.6) is 0 Å². The van der Waals surface area contributed by atoms with Crippen molar-refractivity contribution < 1.29 is 77.5 Å². The highest BCUT2D eigenvalue weighted by Crippen LogP contribution is 2.25. The Labute approximate surface area is 374 Å². The number of carboxylic acid groups (broad SMARTS) is 5. The van der Waals surface area contributed by atoms with Gasteiger partial charge in [-0.05, 0) is 68.7 Å². The van der Waals surface area contributed by atoms with Crippen LogP contribution in [0.4, 0.5) is 14.6 Å². The number of benzene rings is 1. The van der Waals surface area contributed by atoms with Gasteiger partial charge in [0.1, 0.15) is 23.4 Å². The van der Waals surface area contributed by atoms with E-state index in [9.17, 15) is 52.2 Å². The number of nitrogen functional groups attached to an aromatic ring is 1. The smallest absolute Gasteiger partial charge is 0.329 e. The van der Waals surface area contributed by atoms with Crippen molar-refractivity contribution in [3.8, 4) is 0 Å². The first-order chi connectivity index (χ1) is 30.9. The molecule has 27 heteroatoms. The largest absolute Gasteiger partial charge is 0.481 e. The molecule has 362 valence electrons. The summed E-state index contributed by atoms with van der Waals surface area (Å²) >= 11 is 0. The molecule has 2 heterocycles. The van der Waals surface area contributed by atoms with Gasteiger partial charge in [0.15, 0.2) is 11.2 Å². The van der Waals surface area contributed by atoms with Gasteiger partial charge >= 0.3 is 36.1 Å². The molecule has 0 saturated carbocycles. The molecule has 2 unspecified atom stereocenters. The van der Waals surface area contributed by atoms with Crippen LogP contribution in [0.2, 0.25) is 0 Å². The Morgan fingerprint density at radius 3 is 1.94 bits per heavy atom. The molecular formula is C39H54F2N12O13. The van der Waals surface area contributed by atoms with Crippen molar-refractivity contribution >= 4 is 70.6 Å². The van der Waals surface area contributed by atoms with E-state index in [1.807, 2.05) is 6.92 Å². The van der Waals surface area contributed by atoms with E-state index in [1.54, 1.807) is 37.4 Å². The topological polar surface area (TPSA) is 455 Å². The van der Waals surface area contributed by atoms with E-state index < -0.39 is 71.5 Å². The second-order valence-corrected chi connectivity index (χ2v) is 13.9. The fraction of sp³-hybridized carbons (Fsp3) is 0.462. The number of alkyl halides is 2. The zero-order valence-electron chi connectivity index (χ0n) is 36.1. The highest BCUT2D eigenvalue weighted by atomic mass is 19.3. The number of hydrogen-bond acceptors (Lipinski definition) is 15. The van der Waals surface area contributed by atoms with Gasteiger partial charge in [-0.3, -0.25) is 29.4 Å². The van der Waals surface area contributed by atoms with Gasteiger partial charge in [-0.25, -0.2) is 33.1 Å². The van der Waals surface area contributed by atoms with Gasteiger partial charge in [0.2, 0.25) is 17.3 Å². The molecule has 0 fully saturated rings. The molecule has 2 amide bonds. The Morgan fingerprint density at radius 2 is 1.48 bits per heavy atom. The summed E-state index contributed by atoms with van der Waals surface area (Å²) < 4.78 is 24.2. The lowest BCUT2D eigenvalue weighted by molar-refractivity contribution is -0.150. The van der Waals surface area contributed by atoms with Crippen molar-refractivity contribution in [2.45, 2.75) is 109 Å². The third-order valence-electron chi connectivity index (χ3n) is 8.81. The summed E-state index contributed by atoms with van der Waals surface area (Å²) in [5, 5.41) is 54.9. The maximum absolute atomic E-state index is 12.5. The molecule has 2 aromatic heterocycles.